The first-order valence-electron chi connectivity index (χ1n) is 6.98. The number of hydrogen-bond acceptors (Lipinski definition) is 6. The highest BCUT2D eigenvalue weighted by molar-refractivity contribution is 7.89. The van der Waals surface area contributed by atoms with Crippen LogP contribution in [0.3, 0.4) is 0 Å². The van der Waals surface area contributed by atoms with E-state index in [2.05, 4.69) is 10.1 Å². The molecule has 0 bridgehead atoms. The van der Waals surface area contributed by atoms with Gasteiger partial charge in [-0.3, -0.25) is 0 Å². The highest BCUT2D eigenvalue weighted by Gasteiger charge is 2.26. The van der Waals surface area contributed by atoms with Gasteiger partial charge in [-0.15, -0.1) is 12.4 Å². The Balaban J connectivity index is 0.00000264. The molecule has 23 heavy (non-hydrogen) atoms. The zero-order valence-corrected chi connectivity index (χ0v) is 14.7. The number of hydrogen-bond donors (Lipinski definition) is 1. The number of benzene rings is 1. The van der Waals surface area contributed by atoms with E-state index >= 15 is 0 Å². The molecule has 1 aliphatic heterocycles. The first-order chi connectivity index (χ1) is 10.5. The fourth-order valence-corrected chi connectivity index (χ4v) is 3.82. The molecule has 0 saturated carbocycles. The summed E-state index contributed by atoms with van der Waals surface area (Å²) in [6, 6.07) is 4.18. The molecule has 1 aromatic rings. The van der Waals surface area contributed by atoms with Crippen molar-refractivity contribution in [3.8, 4) is 5.75 Å². The third-order valence-corrected chi connectivity index (χ3v) is 5.41. The van der Waals surface area contributed by atoms with Gasteiger partial charge in [-0.2, -0.15) is 4.31 Å². The smallest absolute Gasteiger partial charge is 0.341 e. The Hall–Kier alpha value is -1.35. The van der Waals surface area contributed by atoms with Gasteiger partial charge in [-0.1, -0.05) is 0 Å². The van der Waals surface area contributed by atoms with Crippen molar-refractivity contribution in [2.24, 2.45) is 0 Å². The standard InChI is InChI=1S/C14H20N2O5S.ClH/c1-20-13-10-11(4-5-12(13)14(17)21-2)22(18,19)16-8-3-6-15-7-9-16;/h4-5,10,15H,3,6-9H2,1-2H3;1H. The van der Waals surface area contributed by atoms with E-state index in [0.29, 0.717) is 19.6 Å². The van der Waals surface area contributed by atoms with Gasteiger partial charge in [0, 0.05) is 25.7 Å². The second kappa shape index (κ2) is 8.49. The van der Waals surface area contributed by atoms with E-state index in [4.69, 9.17) is 4.74 Å². The maximum Gasteiger partial charge on any atom is 0.341 e. The van der Waals surface area contributed by atoms with Crippen LogP contribution < -0.4 is 10.1 Å². The van der Waals surface area contributed by atoms with Crippen molar-refractivity contribution >= 4 is 28.4 Å². The minimum Gasteiger partial charge on any atom is -0.496 e. The monoisotopic (exact) mass is 364 g/mol. The fourth-order valence-electron chi connectivity index (χ4n) is 2.32. The number of carbonyl (C=O) groups is 1. The molecule has 9 heteroatoms. The molecule has 130 valence electrons. The van der Waals surface area contributed by atoms with Crippen molar-refractivity contribution in [2.75, 3.05) is 40.4 Å². The molecular weight excluding hydrogens is 344 g/mol. The van der Waals surface area contributed by atoms with Gasteiger partial charge in [0.25, 0.3) is 0 Å². The van der Waals surface area contributed by atoms with E-state index in [9.17, 15) is 13.2 Å². The zero-order chi connectivity index (χ0) is 16.2. The topological polar surface area (TPSA) is 84.9 Å². The van der Waals surface area contributed by atoms with E-state index in [0.717, 1.165) is 13.0 Å². The molecule has 7 nitrogen and oxygen atoms in total. The number of nitrogens with zero attached hydrogens (tertiary/aromatic N) is 1. The summed E-state index contributed by atoms with van der Waals surface area (Å²) in [5.74, 6) is -0.388. The van der Waals surface area contributed by atoms with Gasteiger partial charge in [0.15, 0.2) is 0 Å². The van der Waals surface area contributed by atoms with E-state index in [1.54, 1.807) is 0 Å². The third-order valence-electron chi connectivity index (χ3n) is 3.52. The van der Waals surface area contributed by atoms with E-state index < -0.39 is 16.0 Å². The molecule has 1 fully saturated rings. The molecule has 0 radical (unpaired) electrons. The zero-order valence-electron chi connectivity index (χ0n) is 13.1. The number of esters is 1. The quantitative estimate of drug-likeness (QED) is 0.798. The third kappa shape index (κ3) is 4.35. The Labute approximate surface area is 142 Å². The maximum absolute atomic E-state index is 12.7. The van der Waals surface area contributed by atoms with Gasteiger partial charge >= 0.3 is 5.97 Å². The molecule has 1 saturated heterocycles. The lowest BCUT2D eigenvalue weighted by Crippen LogP contribution is -2.34. The number of methoxy groups -OCH3 is 2. The van der Waals surface area contributed by atoms with Gasteiger partial charge < -0.3 is 14.8 Å². The van der Waals surface area contributed by atoms with Crippen LogP contribution in [0.15, 0.2) is 23.1 Å². The molecule has 0 atom stereocenters. The van der Waals surface area contributed by atoms with Crippen LogP contribution in [0.5, 0.6) is 5.75 Å². The lowest BCUT2D eigenvalue weighted by Gasteiger charge is -2.20. The van der Waals surface area contributed by atoms with Crippen molar-refractivity contribution in [1.29, 1.82) is 0 Å². The molecule has 1 N–H and O–H groups in total. The highest BCUT2D eigenvalue weighted by atomic mass is 35.5. The summed E-state index contributed by atoms with van der Waals surface area (Å²) in [7, 11) is -0.962. The molecule has 0 spiro atoms. The lowest BCUT2D eigenvalue weighted by molar-refractivity contribution is 0.0597. The van der Waals surface area contributed by atoms with Crippen molar-refractivity contribution in [3.63, 3.8) is 0 Å². The molecule has 1 aliphatic rings. The predicted molar refractivity (Wildman–Crippen MR) is 87.8 cm³/mol. The van der Waals surface area contributed by atoms with Crippen LogP contribution in [0.4, 0.5) is 0 Å². The molecular formula is C14H21ClN2O5S. The summed E-state index contributed by atoms with van der Waals surface area (Å²) >= 11 is 0. The minimum absolute atomic E-state index is 0. The first kappa shape index (κ1) is 19.7. The molecule has 0 amide bonds. The number of ether oxygens (including phenoxy) is 2. The summed E-state index contributed by atoms with van der Waals surface area (Å²) < 4.78 is 36.6. The van der Waals surface area contributed by atoms with Crippen molar-refractivity contribution < 1.29 is 22.7 Å². The highest BCUT2D eigenvalue weighted by Crippen LogP contribution is 2.26. The maximum atomic E-state index is 12.7. The van der Waals surface area contributed by atoms with Crippen LogP contribution in [0.2, 0.25) is 0 Å². The fraction of sp³-hybridized carbons (Fsp3) is 0.500. The summed E-state index contributed by atoms with van der Waals surface area (Å²) in [4.78, 5) is 11.7. The molecule has 0 aromatic heterocycles. The predicted octanol–water partition coefficient (Wildman–Crippen LogP) is 0.888. The van der Waals surface area contributed by atoms with Gasteiger partial charge in [-0.25, -0.2) is 13.2 Å². The molecule has 0 unspecified atom stereocenters. The van der Waals surface area contributed by atoms with Crippen molar-refractivity contribution in [2.45, 2.75) is 11.3 Å². The number of rotatable bonds is 4. The minimum atomic E-state index is -3.61. The molecule has 1 heterocycles. The van der Waals surface area contributed by atoms with E-state index in [1.165, 1.54) is 36.7 Å². The molecule has 0 aliphatic carbocycles. The van der Waals surface area contributed by atoms with Crippen LogP contribution in [-0.2, 0) is 14.8 Å². The number of halogens is 1. The molecule has 1 aromatic carbocycles. The Morgan fingerprint density at radius 1 is 1.22 bits per heavy atom. The largest absolute Gasteiger partial charge is 0.496 e. The SMILES string of the molecule is COC(=O)c1ccc(S(=O)(=O)N2CCCNCC2)cc1OC.Cl. The average Bonchev–Trinajstić information content (AvgIpc) is 2.83. The number of nitrogens with one attached hydrogen (secondary N) is 1. The van der Waals surface area contributed by atoms with E-state index in [1.807, 2.05) is 0 Å². The van der Waals surface area contributed by atoms with Crippen LogP contribution >= 0.6 is 12.4 Å². The summed E-state index contributed by atoms with van der Waals surface area (Å²) in [6.45, 7) is 2.31. The Morgan fingerprint density at radius 2 is 1.96 bits per heavy atom. The van der Waals surface area contributed by atoms with E-state index in [-0.39, 0.29) is 28.6 Å². The Bertz CT molecular complexity index is 643. The van der Waals surface area contributed by atoms with Gasteiger partial charge in [0.05, 0.1) is 19.1 Å². The normalized spacial score (nSPS) is 16.1. The second-order valence-corrected chi connectivity index (χ2v) is 6.80. The van der Waals surface area contributed by atoms with Crippen molar-refractivity contribution in [3.05, 3.63) is 23.8 Å². The van der Waals surface area contributed by atoms with Crippen LogP contribution in [0.1, 0.15) is 16.8 Å². The van der Waals surface area contributed by atoms with Gasteiger partial charge in [-0.05, 0) is 25.1 Å². The van der Waals surface area contributed by atoms with Crippen molar-refractivity contribution in [1.82, 2.24) is 9.62 Å². The van der Waals surface area contributed by atoms with Crippen LogP contribution in [0, 0.1) is 0 Å². The molecule has 2 rings (SSSR count). The first-order valence-corrected chi connectivity index (χ1v) is 8.42. The summed E-state index contributed by atoms with van der Waals surface area (Å²) in [5, 5.41) is 3.16. The number of sulfonamides is 1. The van der Waals surface area contributed by atoms with Crippen LogP contribution in [0.25, 0.3) is 0 Å². The average molecular weight is 365 g/mol. The summed E-state index contributed by atoms with van der Waals surface area (Å²) in [5.41, 5.74) is 0.196. The van der Waals surface area contributed by atoms with Gasteiger partial charge in [0.2, 0.25) is 10.0 Å². The van der Waals surface area contributed by atoms with Gasteiger partial charge in [0.1, 0.15) is 11.3 Å². The summed E-state index contributed by atoms with van der Waals surface area (Å²) in [6.07, 6.45) is 0.761. The van der Waals surface area contributed by atoms with Crippen LogP contribution in [-0.4, -0.2) is 59.1 Å². The lowest BCUT2D eigenvalue weighted by atomic mass is 10.2. The Kier molecular flexibility index (Phi) is 7.27. The Morgan fingerprint density at radius 3 is 2.61 bits per heavy atom. The number of carbonyl (C=O) groups excluding carboxylic acids is 1. The second-order valence-electron chi connectivity index (χ2n) is 4.86.